The first kappa shape index (κ1) is 14.5. The number of hydrogen-bond acceptors (Lipinski definition) is 2. The van der Waals surface area contributed by atoms with Crippen molar-refractivity contribution in [1.29, 1.82) is 0 Å². The zero-order valence-corrected chi connectivity index (χ0v) is 13.1. The molecule has 1 aromatic rings. The highest BCUT2D eigenvalue weighted by atomic mass is 15.1. The van der Waals surface area contributed by atoms with Crippen LogP contribution in [0.25, 0.3) is 0 Å². The van der Waals surface area contributed by atoms with Crippen LogP contribution in [0.4, 0.5) is 0 Å². The van der Waals surface area contributed by atoms with Crippen LogP contribution < -0.4 is 5.73 Å². The lowest BCUT2D eigenvalue weighted by Crippen LogP contribution is -2.48. The summed E-state index contributed by atoms with van der Waals surface area (Å²) in [6, 6.07) is 5.07. The SMILES string of the molecule is Cc1cc(C)c(C(N(C)C)C2(CN)CCC2)c(C)c1. The molecule has 0 amide bonds. The molecule has 0 bridgehead atoms. The second-order valence-electron chi connectivity index (χ2n) is 6.60. The molecule has 1 aliphatic carbocycles. The second-order valence-corrected chi connectivity index (χ2v) is 6.60. The first-order valence-electron chi connectivity index (χ1n) is 7.35. The first-order chi connectivity index (χ1) is 8.91. The number of hydrogen-bond donors (Lipinski definition) is 1. The van der Waals surface area contributed by atoms with Crippen molar-refractivity contribution in [2.75, 3.05) is 20.6 Å². The highest BCUT2D eigenvalue weighted by Crippen LogP contribution is 2.52. The van der Waals surface area contributed by atoms with Crippen LogP contribution in [0.15, 0.2) is 12.1 Å². The van der Waals surface area contributed by atoms with Crippen LogP contribution >= 0.6 is 0 Å². The van der Waals surface area contributed by atoms with Gasteiger partial charge >= 0.3 is 0 Å². The molecule has 2 nitrogen and oxygen atoms in total. The molecule has 1 saturated carbocycles. The maximum atomic E-state index is 6.15. The summed E-state index contributed by atoms with van der Waals surface area (Å²) in [6.07, 6.45) is 3.85. The topological polar surface area (TPSA) is 29.3 Å². The van der Waals surface area contributed by atoms with Gasteiger partial charge in [-0.1, -0.05) is 24.1 Å². The predicted molar refractivity (Wildman–Crippen MR) is 82.4 cm³/mol. The molecule has 1 fully saturated rings. The summed E-state index contributed by atoms with van der Waals surface area (Å²) < 4.78 is 0. The predicted octanol–water partition coefficient (Wildman–Crippen LogP) is 3.34. The summed E-state index contributed by atoms with van der Waals surface area (Å²) in [6.45, 7) is 7.46. The van der Waals surface area contributed by atoms with Gasteiger partial charge < -0.3 is 10.6 Å². The van der Waals surface area contributed by atoms with Crippen LogP contribution in [0.2, 0.25) is 0 Å². The zero-order chi connectivity index (χ0) is 14.2. The molecule has 1 unspecified atom stereocenters. The van der Waals surface area contributed by atoms with Crippen molar-refractivity contribution < 1.29 is 0 Å². The Bertz CT molecular complexity index is 430. The maximum absolute atomic E-state index is 6.15. The molecule has 1 aliphatic rings. The smallest absolute Gasteiger partial charge is 0.0415 e. The summed E-state index contributed by atoms with van der Waals surface area (Å²) in [4.78, 5) is 2.37. The molecule has 2 rings (SSSR count). The van der Waals surface area contributed by atoms with Crippen molar-refractivity contribution in [2.24, 2.45) is 11.1 Å². The van der Waals surface area contributed by atoms with Crippen molar-refractivity contribution in [3.05, 3.63) is 34.4 Å². The summed E-state index contributed by atoms with van der Waals surface area (Å²) >= 11 is 0. The monoisotopic (exact) mass is 260 g/mol. The Balaban J connectivity index is 2.51. The fraction of sp³-hybridized carbons (Fsp3) is 0.647. The van der Waals surface area contributed by atoms with E-state index in [1.54, 1.807) is 0 Å². The van der Waals surface area contributed by atoms with E-state index < -0.39 is 0 Å². The Morgan fingerprint density at radius 3 is 2.00 bits per heavy atom. The van der Waals surface area contributed by atoms with Crippen molar-refractivity contribution in [1.82, 2.24) is 4.90 Å². The Labute approximate surface area is 118 Å². The number of aryl methyl sites for hydroxylation is 3. The van der Waals surface area contributed by atoms with E-state index in [1.807, 2.05) is 0 Å². The highest BCUT2D eigenvalue weighted by Gasteiger charge is 2.45. The van der Waals surface area contributed by atoms with E-state index in [4.69, 9.17) is 5.73 Å². The molecule has 1 atom stereocenters. The lowest BCUT2D eigenvalue weighted by molar-refractivity contribution is 0.0274. The summed E-state index contributed by atoms with van der Waals surface area (Å²) in [5.41, 5.74) is 12.1. The summed E-state index contributed by atoms with van der Waals surface area (Å²) in [5, 5.41) is 0. The Morgan fingerprint density at radius 2 is 1.68 bits per heavy atom. The fourth-order valence-corrected chi connectivity index (χ4v) is 3.95. The van der Waals surface area contributed by atoms with E-state index in [0.717, 1.165) is 6.54 Å². The molecule has 106 valence electrons. The van der Waals surface area contributed by atoms with E-state index in [0.29, 0.717) is 6.04 Å². The number of rotatable bonds is 4. The quantitative estimate of drug-likeness (QED) is 0.899. The number of nitrogens with two attached hydrogens (primary N) is 1. The average Bonchev–Trinajstić information content (AvgIpc) is 2.24. The zero-order valence-electron chi connectivity index (χ0n) is 13.1. The number of nitrogens with zero attached hydrogens (tertiary/aromatic N) is 1. The molecule has 1 aromatic carbocycles. The molecule has 0 aromatic heterocycles. The van der Waals surface area contributed by atoms with Gasteiger partial charge in [0.2, 0.25) is 0 Å². The van der Waals surface area contributed by atoms with Crippen molar-refractivity contribution in [3.63, 3.8) is 0 Å². The second kappa shape index (κ2) is 5.26. The summed E-state index contributed by atoms with van der Waals surface area (Å²) in [5.74, 6) is 0. The molecular formula is C17H28N2. The van der Waals surface area contributed by atoms with Crippen LogP contribution in [-0.2, 0) is 0 Å². The lowest BCUT2D eigenvalue weighted by Gasteiger charge is -2.50. The molecule has 19 heavy (non-hydrogen) atoms. The van der Waals surface area contributed by atoms with Gasteiger partial charge in [0.25, 0.3) is 0 Å². The Morgan fingerprint density at radius 1 is 1.16 bits per heavy atom. The number of benzene rings is 1. The standard InChI is InChI=1S/C17H28N2/c1-12-9-13(2)15(14(3)10-12)16(19(4)5)17(11-18)7-6-8-17/h9-10,16H,6-8,11,18H2,1-5H3. The molecule has 0 aliphatic heterocycles. The van der Waals surface area contributed by atoms with Crippen LogP contribution in [0.5, 0.6) is 0 Å². The molecule has 0 radical (unpaired) electrons. The van der Waals surface area contributed by atoms with E-state index in [1.165, 1.54) is 41.5 Å². The Hall–Kier alpha value is -0.860. The van der Waals surface area contributed by atoms with E-state index in [-0.39, 0.29) is 5.41 Å². The van der Waals surface area contributed by atoms with Gasteiger partial charge in [0.15, 0.2) is 0 Å². The van der Waals surface area contributed by atoms with Gasteiger partial charge in [0.1, 0.15) is 0 Å². The van der Waals surface area contributed by atoms with Gasteiger partial charge in [-0.05, 0) is 70.9 Å². The minimum atomic E-state index is 0.286. The van der Waals surface area contributed by atoms with Gasteiger partial charge in [-0.3, -0.25) is 0 Å². The maximum Gasteiger partial charge on any atom is 0.0415 e. The third-order valence-electron chi connectivity index (χ3n) is 4.86. The molecular weight excluding hydrogens is 232 g/mol. The molecule has 0 spiro atoms. The van der Waals surface area contributed by atoms with E-state index in [2.05, 4.69) is 51.9 Å². The van der Waals surface area contributed by atoms with Crippen LogP contribution in [0.1, 0.15) is 47.6 Å². The minimum absolute atomic E-state index is 0.286. The van der Waals surface area contributed by atoms with Gasteiger partial charge in [-0.15, -0.1) is 0 Å². The van der Waals surface area contributed by atoms with Gasteiger partial charge in [0, 0.05) is 11.5 Å². The highest BCUT2D eigenvalue weighted by molar-refractivity contribution is 5.41. The van der Waals surface area contributed by atoms with Crippen molar-refractivity contribution in [3.8, 4) is 0 Å². The first-order valence-corrected chi connectivity index (χ1v) is 7.35. The molecule has 0 heterocycles. The average molecular weight is 260 g/mol. The Kier molecular flexibility index (Phi) is 4.03. The van der Waals surface area contributed by atoms with Crippen LogP contribution in [-0.4, -0.2) is 25.5 Å². The van der Waals surface area contributed by atoms with Gasteiger partial charge in [0.05, 0.1) is 0 Å². The molecule has 0 saturated heterocycles. The van der Waals surface area contributed by atoms with E-state index in [9.17, 15) is 0 Å². The molecule has 2 heteroatoms. The van der Waals surface area contributed by atoms with Crippen molar-refractivity contribution >= 4 is 0 Å². The third-order valence-corrected chi connectivity index (χ3v) is 4.86. The third kappa shape index (κ3) is 2.44. The summed E-state index contributed by atoms with van der Waals surface area (Å²) in [7, 11) is 4.39. The van der Waals surface area contributed by atoms with E-state index >= 15 is 0 Å². The lowest BCUT2D eigenvalue weighted by atomic mass is 9.61. The van der Waals surface area contributed by atoms with Crippen LogP contribution in [0.3, 0.4) is 0 Å². The largest absolute Gasteiger partial charge is 0.330 e. The van der Waals surface area contributed by atoms with Gasteiger partial charge in [-0.25, -0.2) is 0 Å². The minimum Gasteiger partial charge on any atom is -0.330 e. The van der Waals surface area contributed by atoms with Crippen LogP contribution in [0, 0.1) is 26.2 Å². The van der Waals surface area contributed by atoms with Crippen molar-refractivity contribution in [2.45, 2.75) is 46.1 Å². The fourth-order valence-electron chi connectivity index (χ4n) is 3.95. The molecule has 2 N–H and O–H groups in total. The normalized spacial score (nSPS) is 19.3. The van der Waals surface area contributed by atoms with Gasteiger partial charge in [-0.2, -0.15) is 0 Å².